The van der Waals surface area contributed by atoms with Gasteiger partial charge in [0.15, 0.2) is 0 Å². The second-order valence-corrected chi connectivity index (χ2v) is 4.85. The van der Waals surface area contributed by atoms with E-state index in [0.717, 1.165) is 0 Å². The van der Waals surface area contributed by atoms with E-state index >= 15 is 0 Å². The minimum absolute atomic E-state index is 0.229. The van der Waals surface area contributed by atoms with Crippen LogP contribution >= 0.6 is 0 Å². The Morgan fingerprint density at radius 3 is 2.91 bits per heavy atom. The number of rotatable bonds is 2. The highest BCUT2D eigenvalue weighted by atomic mass is 16.1. The van der Waals surface area contributed by atoms with E-state index in [9.17, 15) is 9.59 Å². The van der Waals surface area contributed by atoms with Crippen LogP contribution in [-0.4, -0.2) is 22.3 Å². The molecule has 0 spiro atoms. The molecule has 1 amide bonds. The van der Waals surface area contributed by atoms with Gasteiger partial charge in [0, 0.05) is 13.2 Å². The van der Waals surface area contributed by atoms with Crippen molar-refractivity contribution in [2.45, 2.75) is 13.5 Å². The van der Waals surface area contributed by atoms with E-state index in [0.29, 0.717) is 29.0 Å². The number of anilines is 1. The van der Waals surface area contributed by atoms with Crippen LogP contribution in [-0.2, 0) is 6.54 Å². The summed E-state index contributed by atoms with van der Waals surface area (Å²) in [6, 6.07) is 6.83. The number of carbonyl (C=O) groups is 1. The zero-order chi connectivity index (χ0) is 15.9. The lowest BCUT2D eigenvalue weighted by atomic mass is 10.2. The molecule has 0 aliphatic rings. The van der Waals surface area contributed by atoms with Crippen LogP contribution < -0.4 is 21.2 Å². The third-order valence-corrected chi connectivity index (χ3v) is 3.65. The first kappa shape index (κ1) is 14.0. The number of amides is 1. The molecule has 112 valence electrons. The van der Waals surface area contributed by atoms with Crippen molar-refractivity contribution in [2.24, 2.45) is 0 Å². The van der Waals surface area contributed by atoms with Crippen LogP contribution in [0.4, 0.5) is 5.82 Å². The number of pyridine rings is 2. The van der Waals surface area contributed by atoms with E-state index in [-0.39, 0.29) is 17.0 Å². The molecule has 3 aromatic rings. The first-order valence-corrected chi connectivity index (χ1v) is 6.94. The number of hydrogen-bond donors (Lipinski definition) is 2. The third kappa shape index (κ3) is 1.90. The molecule has 0 saturated carbocycles. The molecule has 0 aliphatic carbocycles. The number of aryl methyl sites for hydroxylation is 1. The van der Waals surface area contributed by atoms with Gasteiger partial charge in [-0.25, -0.2) is 4.57 Å². The highest BCUT2D eigenvalue weighted by Crippen LogP contribution is 2.14. The van der Waals surface area contributed by atoms with Crippen molar-refractivity contribution in [3.63, 3.8) is 0 Å². The maximum absolute atomic E-state index is 12.7. The van der Waals surface area contributed by atoms with E-state index < -0.39 is 0 Å². The molecule has 3 heterocycles. The summed E-state index contributed by atoms with van der Waals surface area (Å²) < 4.78 is 3.13. The van der Waals surface area contributed by atoms with Crippen molar-refractivity contribution in [1.82, 2.24) is 14.7 Å². The monoisotopic (exact) mass is 298 g/mol. The minimum Gasteiger partial charge on any atom is -0.355 e. The van der Waals surface area contributed by atoms with Crippen molar-refractivity contribution in [2.75, 3.05) is 12.8 Å². The number of hydrogen-bond acceptors (Lipinski definition) is 4. The lowest BCUT2D eigenvalue weighted by molar-refractivity contribution is -0.655. The topological polar surface area (TPSA) is 93.4 Å². The molecule has 3 aromatic heterocycles. The maximum atomic E-state index is 12.7. The molecule has 0 aliphatic heterocycles. The van der Waals surface area contributed by atoms with Gasteiger partial charge >= 0.3 is 0 Å². The van der Waals surface area contributed by atoms with Crippen molar-refractivity contribution < 1.29 is 9.36 Å². The largest absolute Gasteiger partial charge is 0.355 e. The average molecular weight is 298 g/mol. The van der Waals surface area contributed by atoms with Crippen molar-refractivity contribution in [3.8, 4) is 0 Å². The van der Waals surface area contributed by atoms with Crippen LogP contribution in [0.5, 0.6) is 0 Å². The molecule has 7 nitrogen and oxygen atoms in total. The SMILES string of the molecule is CC[n+]1c(N)c(C(=O)NC)cc2c(=O)n3ccccc3nc21. The summed E-state index contributed by atoms with van der Waals surface area (Å²) in [7, 11) is 1.52. The minimum atomic E-state index is -0.334. The molecular weight excluding hydrogens is 282 g/mol. The predicted molar refractivity (Wildman–Crippen MR) is 82.6 cm³/mol. The lowest BCUT2D eigenvalue weighted by Gasteiger charge is -2.09. The maximum Gasteiger partial charge on any atom is 0.278 e. The van der Waals surface area contributed by atoms with Crippen LogP contribution in [0.2, 0.25) is 0 Å². The van der Waals surface area contributed by atoms with Crippen LogP contribution in [0.3, 0.4) is 0 Å². The molecule has 3 rings (SSSR count). The molecule has 7 heteroatoms. The second kappa shape index (κ2) is 5.10. The Balaban J connectivity index is 2.53. The van der Waals surface area contributed by atoms with Gasteiger partial charge in [-0.1, -0.05) is 11.1 Å². The van der Waals surface area contributed by atoms with Crippen molar-refractivity contribution in [3.05, 3.63) is 46.4 Å². The standard InChI is InChI=1S/C15H15N5O2/c1-3-19-12(16)9(14(21)17-2)8-10-13(19)18-11-6-4-5-7-20(11)15(10)22/h4-8,16H,3H2,1-2H3,(H,17,21)/p+1. The zero-order valence-electron chi connectivity index (χ0n) is 12.3. The highest BCUT2D eigenvalue weighted by molar-refractivity contribution is 6.00. The van der Waals surface area contributed by atoms with E-state index in [4.69, 9.17) is 5.73 Å². The van der Waals surface area contributed by atoms with E-state index in [1.54, 1.807) is 22.9 Å². The highest BCUT2D eigenvalue weighted by Gasteiger charge is 2.22. The van der Waals surface area contributed by atoms with Gasteiger partial charge in [0.05, 0.1) is 6.54 Å². The molecule has 0 aromatic carbocycles. The normalized spacial score (nSPS) is 11.0. The fourth-order valence-corrected chi connectivity index (χ4v) is 2.54. The summed E-state index contributed by atoms with van der Waals surface area (Å²) in [5.41, 5.74) is 7.14. The van der Waals surface area contributed by atoms with Crippen LogP contribution in [0.1, 0.15) is 17.3 Å². The van der Waals surface area contributed by atoms with E-state index in [2.05, 4.69) is 10.3 Å². The molecule has 0 unspecified atom stereocenters. The van der Waals surface area contributed by atoms with Crippen molar-refractivity contribution >= 4 is 28.4 Å². The van der Waals surface area contributed by atoms with Crippen molar-refractivity contribution in [1.29, 1.82) is 0 Å². The number of nitrogens with two attached hydrogens (primary N) is 1. The van der Waals surface area contributed by atoms with Gasteiger partial charge in [0.25, 0.3) is 17.1 Å². The summed E-state index contributed by atoms with van der Waals surface area (Å²) >= 11 is 0. The van der Waals surface area contributed by atoms with Gasteiger partial charge < -0.3 is 11.1 Å². The van der Waals surface area contributed by atoms with Gasteiger partial charge in [-0.05, 0) is 25.1 Å². The Bertz CT molecular complexity index is 961. The molecule has 0 atom stereocenters. The first-order chi connectivity index (χ1) is 10.6. The third-order valence-electron chi connectivity index (χ3n) is 3.65. The quantitative estimate of drug-likeness (QED) is 0.518. The predicted octanol–water partition coefficient (Wildman–Crippen LogP) is 0.0969. The molecule has 22 heavy (non-hydrogen) atoms. The Kier molecular flexibility index (Phi) is 3.25. The molecule has 3 N–H and O–H groups in total. The molecule has 0 fully saturated rings. The average Bonchev–Trinajstić information content (AvgIpc) is 2.54. The van der Waals surface area contributed by atoms with Gasteiger partial charge in [0.1, 0.15) is 10.9 Å². The molecule has 0 saturated heterocycles. The number of nitrogens with one attached hydrogen (secondary N) is 1. The molecule has 0 bridgehead atoms. The zero-order valence-corrected chi connectivity index (χ0v) is 12.3. The smallest absolute Gasteiger partial charge is 0.278 e. The Morgan fingerprint density at radius 1 is 1.45 bits per heavy atom. The van der Waals surface area contributed by atoms with E-state index in [1.807, 2.05) is 13.0 Å². The fourth-order valence-electron chi connectivity index (χ4n) is 2.54. The summed E-state index contributed by atoms with van der Waals surface area (Å²) in [5, 5.41) is 2.89. The summed E-state index contributed by atoms with van der Waals surface area (Å²) in [5.74, 6) is -0.0410. The molecule has 0 radical (unpaired) electrons. The number of fused-ring (bicyclic) bond motifs is 2. The lowest BCUT2D eigenvalue weighted by Crippen LogP contribution is -2.41. The van der Waals surface area contributed by atoms with E-state index in [1.165, 1.54) is 17.5 Å². The number of carbonyl (C=O) groups excluding carboxylic acids is 1. The van der Waals surface area contributed by atoms with Crippen LogP contribution in [0, 0.1) is 0 Å². The number of nitrogen functional groups attached to an aromatic ring is 1. The second-order valence-electron chi connectivity index (χ2n) is 4.85. The van der Waals surface area contributed by atoms with Gasteiger partial charge in [-0.3, -0.25) is 14.0 Å². The van der Waals surface area contributed by atoms with Crippen LogP contribution in [0.15, 0.2) is 35.3 Å². The number of nitrogens with zero attached hydrogens (tertiary/aromatic N) is 3. The van der Waals surface area contributed by atoms with Gasteiger partial charge in [-0.2, -0.15) is 0 Å². The fraction of sp³-hybridized carbons (Fsp3) is 0.200. The summed E-state index contributed by atoms with van der Waals surface area (Å²) in [4.78, 5) is 29.2. The molecular formula is C15H16N5O2+. The Morgan fingerprint density at radius 2 is 2.23 bits per heavy atom. The summed E-state index contributed by atoms with van der Waals surface area (Å²) in [6.07, 6.45) is 1.65. The van der Waals surface area contributed by atoms with Gasteiger partial charge in [-0.15, -0.1) is 0 Å². The first-order valence-electron chi connectivity index (χ1n) is 6.94. The Hall–Kier alpha value is -2.96. The number of aromatic nitrogens is 3. The Labute approximate surface area is 126 Å². The van der Waals surface area contributed by atoms with Gasteiger partial charge in [0.2, 0.25) is 11.5 Å². The van der Waals surface area contributed by atoms with Crippen LogP contribution in [0.25, 0.3) is 16.7 Å². The summed E-state index contributed by atoms with van der Waals surface area (Å²) in [6.45, 7) is 2.39.